The first-order valence-corrected chi connectivity index (χ1v) is 4.42. The summed E-state index contributed by atoms with van der Waals surface area (Å²) in [6, 6.07) is 0. The van der Waals surface area contributed by atoms with Crippen LogP contribution in [-0.4, -0.2) is 26.0 Å². The fourth-order valence-corrected chi connectivity index (χ4v) is 1.41. The van der Waals surface area contributed by atoms with E-state index in [1.165, 1.54) is 0 Å². The fourth-order valence-electron chi connectivity index (χ4n) is 1.41. The van der Waals surface area contributed by atoms with Crippen molar-refractivity contribution in [2.45, 2.75) is 20.1 Å². The summed E-state index contributed by atoms with van der Waals surface area (Å²) in [5, 5.41) is 0. The van der Waals surface area contributed by atoms with Crippen molar-refractivity contribution >= 4 is 0 Å². The number of hydrazine groups is 1. The average Bonchev–Trinajstić information content (AvgIpc) is 2.51. The third kappa shape index (κ3) is 2.42. The topological polar surface area (TPSA) is 56.5 Å². The summed E-state index contributed by atoms with van der Waals surface area (Å²) in [5.41, 5.74) is 2.67. The SMILES string of the molecule is CC(C)C(CNN)C1OCCO1. The van der Waals surface area contributed by atoms with Crippen molar-refractivity contribution < 1.29 is 9.47 Å². The lowest BCUT2D eigenvalue weighted by Gasteiger charge is -2.24. The zero-order valence-corrected chi connectivity index (χ0v) is 7.75. The summed E-state index contributed by atoms with van der Waals surface area (Å²) in [7, 11) is 0. The van der Waals surface area contributed by atoms with Gasteiger partial charge in [-0.05, 0) is 5.92 Å². The number of hydrogen-bond donors (Lipinski definition) is 2. The Morgan fingerprint density at radius 2 is 2.00 bits per heavy atom. The van der Waals surface area contributed by atoms with Crippen LogP contribution in [0.5, 0.6) is 0 Å². The van der Waals surface area contributed by atoms with E-state index in [0.717, 1.165) is 6.54 Å². The Bertz CT molecular complexity index is 124. The molecule has 0 spiro atoms. The molecule has 3 N–H and O–H groups in total. The van der Waals surface area contributed by atoms with Crippen molar-refractivity contribution in [1.82, 2.24) is 5.43 Å². The van der Waals surface area contributed by atoms with E-state index in [9.17, 15) is 0 Å². The summed E-state index contributed by atoms with van der Waals surface area (Å²) in [6.45, 7) is 6.44. The van der Waals surface area contributed by atoms with Gasteiger partial charge < -0.3 is 9.47 Å². The first-order chi connectivity index (χ1) is 5.75. The van der Waals surface area contributed by atoms with Gasteiger partial charge in [0.15, 0.2) is 6.29 Å². The van der Waals surface area contributed by atoms with E-state index in [-0.39, 0.29) is 6.29 Å². The van der Waals surface area contributed by atoms with E-state index >= 15 is 0 Å². The molecule has 0 aromatic carbocycles. The molecule has 1 aliphatic heterocycles. The van der Waals surface area contributed by atoms with Gasteiger partial charge in [-0.2, -0.15) is 0 Å². The Morgan fingerprint density at radius 3 is 2.42 bits per heavy atom. The second-order valence-electron chi connectivity index (χ2n) is 3.43. The molecule has 72 valence electrons. The lowest BCUT2D eigenvalue weighted by atomic mass is 9.95. The second-order valence-corrected chi connectivity index (χ2v) is 3.43. The minimum absolute atomic E-state index is 0.0685. The Kier molecular flexibility index (Phi) is 3.94. The van der Waals surface area contributed by atoms with Crippen LogP contribution >= 0.6 is 0 Å². The molecule has 1 fully saturated rings. The molecule has 4 heteroatoms. The van der Waals surface area contributed by atoms with Crippen molar-refractivity contribution in [3.05, 3.63) is 0 Å². The van der Waals surface area contributed by atoms with Gasteiger partial charge in [-0.15, -0.1) is 0 Å². The van der Waals surface area contributed by atoms with Crippen LogP contribution in [0.15, 0.2) is 0 Å². The van der Waals surface area contributed by atoms with Crippen LogP contribution in [0.1, 0.15) is 13.8 Å². The Labute approximate surface area is 73.4 Å². The second kappa shape index (κ2) is 4.77. The third-order valence-electron chi connectivity index (χ3n) is 2.21. The van der Waals surface area contributed by atoms with Gasteiger partial charge in [0, 0.05) is 12.5 Å². The monoisotopic (exact) mass is 174 g/mol. The van der Waals surface area contributed by atoms with Crippen LogP contribution < -0.4 is 11.3 Å². The molecule has 4 nitrogen and oxygen atoms in total. The van der Waals surface area contributed by atoms with Gasteiger partial charge in [-0.1, -0.05) is 13.8 Å². The minimum atomic E-state index is -0.0685. The third-order valence-corrected chi connectivity index (χ3v) is 2.21. The molecule has 1 aliphatic rings. The molecule has 0 amide bonds. The van der Waals surface area contributed by atoms with Crippen molar-refractivity contribution in [3.63, 3.8) is 0 Å². The van der Waals surface area contributed by atoms with Crippen LogP contribution in [0, 0.1) is 11.8 Å². The molecule has 0 aromatic heterocycles. The largest absolute Gasteiger partial charge is 0.350 e. The molecule has 12 heavy (non-hydrogen) atoms. The Morgan fingerprint density at radius 1 is 1.42 bits per heavy atom. The zero-order chi connectivity index (χ0) is 8.97. The van der Waals surface area contributed by atoms with E-state index in [2.05, 4.69) is 19.3 Å². The first-order valence-electron chi connectivity index (χ1n) is 4.42. The van der Waals surface area contributed by atoms with E-state index in [0.29, 0.717) is 25.0 Å². The fraction of sp³-hybridized carbons (Fsp3) is 1.00. The van der Waals surface area contributed by atoms with Crippen LogP contribution in [0.4, 0.5) is 0 Å². The van der Waals surface area contributed by atoms with Crippen LogP contribution in [0.2, 0.25) is 0 Å². The number of ether oxygens (including phenoxy) is 2. The minimum Gasteiger partial charge on any atom is -0.350 e. The molecule has 0 aromatic rings. The van der Waals surface area contributed by atoms with Crippen molar-refractivity contribution in [1.29, 1.82) is 0 Å². The van der Waals surface area contributed by atoms with E-state index in [1.807, 2.05) is 0 Å². The maximum atomic E-state index is 5.41. The highest BCUT2D eigenvalue weighted by Crippen LogP contribution is 2.21. The summed E-state index contributed by atoms with van der Waals surface area (Å²) < 4.78 is 10.8. The Hall–Kier alpha value is -0.160. The van der Waals surface area contributed by atoms with Gasteiger partial charge in [0.2, 0.25) is 0 Å². The van der Waals surface area contributed by atoms with Gasteiger partial charge in [0.05, 0.1) is 13.2 Å². The molecular weight excluding hydrogens is 156 g/mol. The number of nitrogens with one attached hydrogen (secondary N) is 1. The summed E-state index contributed by atoms with van der Waals surface area (Å²) in [5.74, 6) is 6.14. The van der Waals surface area contributed by atoms with Crippen LogP contribution in [0.3, 0.4) is 0 Å². The lowest BCUT2D eigenvalue weighted by Crippen LogP contribution is -2.38. The standard InChI is InChI=1S/C8H18N2O2/c1-6(2)7(5-10-9)8-11-3-4-12-8/h6-8,10H,3-5,9H2,1-2H3. The van der Waals surface area contributed by atoms with Gasteiger partial charge in [0.25, 0.3) is 0 Å². The molecular formula is C8H18N2O2. The van der Waals surface area contributed by atoms with E-state index in [4.69, 9.17) is 15.3 Å². The van der Waals surface area contributed by atoms with Crippen LogP contribution in [-0.2, 0) is 9.47 Å². The van der Waals surface area contributed by atoms with Gasteiger partial charge in [0.1, 0.15) is 0 Å². The lowest BCUT2D eigenvalue weighted by molar-refractivity contribution is -0.0946. The highest BCUT2D eigenvalue weighted by molar-refractivity contribution is 4.70. The molecule has 1 unspecified atom stereocenters. The summed E-state index contributed by atoms with van der Waals surface area (Å²) in [4.78, 5) is 0. The van der Waals surface area contributed by atoms with Gasteiger partial charge in [-0.3, -0.25) is 11.3 Å². The van der Waals surface area contributed by atoms with Crippen molar-refractivity contribution in [2.75, 3.05) is 19.8 Å². The molecule has 1 saturated heterocycles. The van der Waals surface area contributed by atoms with Crippen LogP contribution in [0.25, 0.3) is 0 Å². The maximum Gasteiger partial charge on any atom is 0.162 e. The smallest absolute Gasteiger partial charge is 0.162 e. The molecule has 0 saturated carbocycles. The maximum absolute atomic E-state index is 5.41. The zero-order valence-electron chi connectivity index (χ0n) is 7.75. The molecule has 0 radical (unpaired) electrons. The summed E-state index contributed by atoms with van der Waals surface area (Å²) in [6.07, 6.45) is -0.0685. The molecule has 0 aliphatic carbocycles. The quantitative estimate of drug-likeness (QED) is 0.468. The highest BCUT2D eigenvalue weighted by Gasteiger charge is 2.28. The van der Waals surface area contributed by atoms with Gasteiger partial charge >= 0.3 is 0 Å². The molecule has 0 bridgehead atoms. The number of rotatable bonds is 4. The first kappa shape index (κ1) is 9.92. The number of nitrogens with two attached hydrogens (primary N) is 1. The predicted molar refractivity (Wildman–Crippen MR) is 46.2 cm³/mol. The van der Waals surface area contributed by atoms with Crippen molar-refractivity contribution in [3.8, 4) is 0 Å². The molecule has 1 atom stereocenters. The number of hydrogen-bond acceptors (Lipinski definition) is 4. The van der Waals surface area contributed by atoms with E-state index in [1.54, 1.807) is 0 Å². The molecule has 1 rings (SSSR count). The van der Waals surface area contributed by atoms with Crippen molar-refractivity contribution in [2.24, 2.45) is 17.7 Å². The highest BCUT2D eigenvalue weighted by atomic mass is 16.7. The van der Waals surface area contributed by atoms with Gasteiger partial charge in [-0.25, -0.2) is 0 Å². The predicted octanol–water partition coefficient (Wildman–Crippen LogP) is 0.0948. The summed E-state index contributed by atoms with van der Waals surface area (Å²) >= 11 is 0. The Balaban J connectivity index is 2.40. The normalized spacial score (nSPS) is 22.0. The average molecular weight is 174 g/mol. The van der Waals surface area contributed by atoms with E-state index < -0.39 is 0 Å². The molecule has 1 heterocycles.